The molecule has 4 nitrogen and oxygen atoms in total. The molecule has 2 amide bonds. The fourth-order valence-corrected chi connectivity index (χ4v) is 0.411. The maximum Gasteiger partial charge on any atom is 0.426 e. The molecular weight excluding hydrogens is 202 g/mol. The van der Waals surface area contributed by atoms with Gasteiger partial charge in [-0.05, 0) is 6.92 Å². The van der Waals surface area contributed by atoms with E-state index in [2.05, 4.69) is 20.9 Å². The molecule has 0 aliphatic carbocycles. The number of carbonyl (C=O) groups excluding carboxylic acids is 2. The minimum absolute atomic E-state index is 0.258. The number of amides is 2. The van der Waals surface area contributed by atoms with E-state index in [1.807, 2.05) is 0 Å². The largest absolute Gasteiger partial charge is 0.449 e. The van der Waals surface area contributed by atoms with Gasteiger partial charge in [-0.2, -0.15) is 3.93 Å². The number of rotatable bonds is 1. The van der Waals surface area contributed by atoms with E-state index in [-0.39, 0.29) is 6.61 Å². The van der Waals surface area contributed by atoms with Gasteiger partial charge in [-0.3, -0.25) is 4.79 Å². The molecule has 0 saturated carbocycles. The van der Waals surface area contributed by atoms with Gasteiger partial charge in [0.05, 0.1) is 22.8 Å². The monoisotopic (exact) mass is 209 g/mol. The molecule has 0 unspecified atom stereocenters. The summed E-state index contributed by atoms with van der Waals surface area (Å²) in [6.45, 7) is 3.18. The smallest absolute Gasteiger partial charge is 0.426 e. The topological polar surface area (TPSA) is 46.6 Å². The van der Waals surface area contributed by atoms with Gasteiger partial charge in [-0.15, -0.1) is 0 Å². The number of imide groups is 1. The van der Waals surface area contributed by atoms with E-state index in [1.165, 1.54) is 6.92 Å². The second-order valence-corrected chi connectivity index (χ2v) is 2.21. The Bertz CT molecular complexity index is 148. The highest BCUT2D eigenvalue weighted by Crippen LogP contribution is 2.00. The predicted molar refractivity (Wildman–Crippen MR) is 38.5 cm³/mol. The predicted octanol–water partition coefficient (Wildman–Crippen LogP) is 1.30. The molecule has 10 heavy (non-hydrogen) atoms. The Kier molecular flexibility index (Phi) is 4.02. The first-order chi connectivity index (χ1) is 4.59. The first kappa shape index (κ1) is 9.42. The Labute approximate surface area is 67.5 Å². The molecule has 0 rings (SSSR count). The highest BCUT2D eigenvalue weighted by Gasteiger charge is 2.14. The van der Waals surface area contributed by atoms with Crippen LogP contribution in [0.4, 0.5) is 4.79 Å². The van der Waals surface area contributed by atoms with Crippen molar-refractivity contribution in [2.24, 2.45) is 0 Å². The van der Waals surface area contributed by atoms with E-state index in [0.29, 0.717) is 0 Å². The lowest BCUT2D eigenvalue weighted by Gasteiger charge is -2.08. The summed E-state index contributed by atoms with van der Waals surface area (Å²) < 4.78 is 5.22. The summed E-state index contributed by atoms with van der Waals surface area (Å²) in [5.74, 6) is -0.404. The molecule has 0 saturated heterocycles. The van der Waals surface area contributed by atoms with Crippen LogP contribution in [0.25, 0.3) is 0 Å². The van der Waals surface area contributed by atoms with Gasteiger partial charge in [0, 0.05) is 6.92 Å². The van der Waals surface area contributed by atoms with Crippen LogP contribution in [0.5, 0.6) is 0 Å². The van der Waals surface area contributed by atoms with Gasteiger partial charge >= 0.3 is 6.09 Å². The molecule has 0 radical (unpaired) electrons. The van der Waals surface area contributed by atoms with Crippen LogP contribution in [-0.4, -0.2) is 22.5 Å². The molecular formula is C5H8BrNO3. The van der Waals surface area contributed by atoms with Crippen LogP contribution >= 0.6 is 16.1 Å². The molecule has 0 aromatic rings. The Morgan fingerprint density at radius 3 is 2.40 bits per heavy atom. The number of carbonyl (C=O) groups is 2. The fourth-order valence-electron chi connectivity index (χ4n) is 0.309. The third kappa shape index (κ3) is 2.82. The van der Waals surface area contributed by atoms with Crippen LogP contribution in [0, 0.1) is 0 Å². The molecule has 58 valence electrons. The highest BCUT2D eigenvalue weighted by molar-refractivity contribution is 9.08. The fraction of sp³-hybridized carbons (Fsp3) is 0.600. The number of nitrogens with zero attached hydrogens (tertiary/aromatic N) is 1. The normalized spacial score (nSPS) is 8.70. The minimum atomic E-state index is -0.685. The third-order valence-electron chi connectivity index (χ3n) is 0.705. The zero-order valence-corrected chi connectivity index (χ0v) is 7.34. The lowest BCUT2D eigenvalue weighted by atomic mass is 10.7. The summed E-state index contributed by atoms with van der Waals surface area (Å²) in [6, 6.07) is 0. The summed E-state index contributed by atoms with van der Waals surface area (Å²) >= 11 is 2.72. The molecule has 0 bridgehead atoms. The molecule has 0 spiro atoms. The molecule has 0 aromatic heterocycles. The van der Waals surface area contributed by atoms with Crippen LogP contribution in [-0.2, 0) is 9.53 Å². The second-order valence-electron chi connectivity index (χ2n) is 1.50. The van der Waals surface area contributed by atoms with Gasteiger partial charge in [0.1, 0.15) is 0 Å². The summed E-state index contributed by atoms with van der Waals surface area (Å²) in [5.41, 5.74) is 0. The Morgan fingerprint density at radius 1 is 1.60 bits per heavy atom. The van der Waals surface area contributed by atoms with E-state index in [0.717, 1.165) is 3.93 Å². The lowest BCUT2D eigenvalue weighted by Crippen LogP contribution is -2.26. The first-order valence-corrected chi connectivity index (χ1v) is 3.43. The molecule has 0 atom stereocenters. The molecule has 0 N–H and O–H groups in total. The second kappa shape index (κ2) is 4.27. The van der Waals surface area contributed by atoms with Gasteiger partial charge in [-0.25, -0.2) is 4.79 Å². The summed E-state index contributed by atoms with van der Waals surface area (Å²) in [7, 11) is 0. The maximum absolute atomic E-state index is 10.6. The molecule has 0 aliphatic heterocycles. The SMILES string of the molecule is CCOC(=O)N(Br)C(C)=O. The van der Waals surface area contributed by atoms with Crippen LogP contribution in [0.15, 0.2) is 0 Å². The van der Waals surface area contributed by atoms with Crippen molar-refractivity contribution in [2.45, 2.75) is 13.8 Å². The summed E-state index contributed by atoms with van der Waals surface area (Å²) in [4.78, 5) is 21.1. The van der Waals surface area contributed by atoms with E-state index < -0.39 is 12.0 Å². The van der Waals surface area contributed by atoms with Gasteiger partial charge in [0.2, 0.25) is 5.91 Å². The number of ether oxygens (including phenoxy) is 1. The standard InChI is InChI=1S/C5H8BrNO3/c1-3-10-5(9)7(6)4(2)8/h3H2,1-2H3. The first-order valence-electron chi connectivity index (χ1n) is 2.72. The zero-order chi connectivity index (χ0) is 8.15. The molecule has 0 heterocycles. The molecule has 0 fully saturated rings. The quantitative estimate of drug-likeness (QED) is 0.612. The summed E-state index contributed by atoms with van der Waals surface area (Å²) in [5, 5.41) is 0. The Morgan fingerprint density at radius 2 is 2.10 bits per heavy atom. The van der Waals surface area contributed by atoms with Crippen molar-refractivity contribution < 1.29 is 14.3 Å². The van der Waals surface area contributed by atoms with Crippen LogP contribution < -0.4 is 0 Å². The number of hydrogen-bond donors (Lipinski definition) is 0. The van der Waals surface area contributed by atoms with Crippen molar-refractivity contribution in [3.05, 3.63) is 0 Å². The van der Waals surface area contributed by atoms with Gasteiger partial charge in [-0.1, -0.05) is 0 Å². The van der Waals surface area contributed by atoms with Gasteiger partial charge in [0.15, 0.2) is 0 Å². The average molecular weight is 210 g/mol. The molecule has 5 heteroatoms. The third-order valence-corrected chi connectivity index (χ3v) is 1.49. The van der Waals surface area contributed by atoms with Crippen LogP contribution in [0.1, 0.15) is 13.8 Å². The van der Waals surface area contributed by atoms with E-state index in [9.17, 15) is 9.59 Å². The van der Waals surface area contributed by atoms with Crippen LogP contribution in [0.3, 0.4) is 0 Å². The van der Waals surface area contributed by atoms with E-state index >= 15 is 0 Å². The number of hydrogen-bond acceptors (Lipinski definition) is 3. The van der Waals surface area contributed by atoms with Crippen molar-refractivity contribution in [2.75, 3.05) is 6.61 Å². The lowest BCUT2D eigenvalue weighted by molar-refractivity contribution is -0.122. The van der Waals surface area contributed by atoms with Crippen molar-refractivity contribution in [1.82, 2.24) is 3.93 Å². The summed E-state index contributed by atoms with van der Waals surface area (Å²) in [6.07, 6.45) is -0.685. The van der Waals surface area contributed by atoms with E-state index in [4.69, 9.17) is 0 Å². The van der Waals surface area contributed by atoms with Crippen molar-refractivity contribution in [1.29, 1.82) is 0 Å². The Balaban J connectivity index is 3.82. The van der Waals surface area contributed by atoms with Gasteiger partial charge in [0.25, 0.3) is 0 Å². The van der Waals surface area contributed by atoms with Crippen molar-refractivity contribution in [3.63, 3.8) is 0 Å². The molecule has 0 aliphatic rings. The van der Waals surface area contributed by atoms with E-state index in [1.54, 1.807) is 6.92 Å². The Hall–Kier alpha value is -0.580. The van der Waals surface area contributed by atoms with Gasteiger partial charge < -0.3 is 4.74 Å². The zero-order valence-electron chi connectivity index (χ0n) is 5.76. The maximum atomic E-state index is 10.6. The van der Waals surface area contributed by atoms with Crippen molar-refractivity contribution >= 4 is 28.1 Å². The minimum Gasteiger partial charge on any atom is -0.449 e. The van der Waals surface area contributed by atoms with Crippen molar-refractivity contribution in [3.8, 4) is 0 Å². The number of halogens is 1. The highest BCUT2D eigenvalue weighted by atomic mass is 79.9. The van der Waals surface area contributed by atoms with Crippen LogP contribution in [0.2, 0.25) is 0 Å². The molecule has 0 aromatic carbocycles. The average Bonchev–Trinajstić information content (AvgIpc) is 1.87.